The van der Waals surface area contributed by atoms with Gasteiger partial charge in [0.15, 0.2) is 11.5 Å². The van der Waals surface area contributed by atoms with Gasteiger partial charge in [-0.25, -0.2) is 9.18 Å². The highest BCUT2D eigenvalue weighted by Crippen LogP contribution is 2.44. The Morgan fingerprint density at radius 2 is 1.76 bits per heavy atom. The standard InChI is InChI=1S/C37H37FO8/c1-7-42-31(39)9-8-18-43-36-25-16-17-37(4,5)46-27(25)19-29-33(36)34(40)32-26(15-10-22(2)3)35(41-6)30(20-28(32)45-29)44-21-23-11-13-24(38)14-12-23/h8-14,16-17,19-20H,7,15,18,21H2,1-6H3/b9-8+. The van der Waals surface area contributed by atoms with E-state index < -0.39 is 11.6 Å². The third-order valence-electron chi connectivity index (χ3n) is 7.34. The first-order chi connectivity index (χ1) is 22.0. The normalized spacial score (nSPS) is 13.4. The van der Waals surface area contributed by atoms with Crippen LogP contribution in [-0.2, 0) is 22.6 Å². The van der Waals surface area contributed by atoms with Crippen LogP contribution in [0.2, 0.25) is 0 Å². The number of hydrogen-bond donors (Lipinski definition) is 0. The molecule has 4 aromatic rings. The Morgan fingerprint density at radius 3 is 2.46 bits per heavy atom. The minimum Gasteiger partial charge on any atom is -0.493 e. The van der Waals surface area contributed by atoms with E-state index in [1.165, 1.54) is 31.4 Å². The molecule has 0 fully saturated rings. The molecule has 46 heavy (non-hydrogen) atoms. The molecule has 0 bridgehead atoms. The first kappa shape index (κ1) is 32.3. The highest BCUT2D eigenvalue weighted by atomic mass is 19.1. The highest BCUT2D eigenvalue weighted by Gasteiger charge is 2.29. The number of carbonyl (C=O) groups excluding carboxylic acids is 1. The first-order valence-corrected chi connectivity index (χ1v) is 15.0. The molecule has 1 aliphatic rings. The van der Waals surface area contributed by atoms with Crippen molar-refractivity contribution in [2.75, 3.05) is 20.3 Å². The number of halogens is 1. The number of fused-ring (bicyclic) bond motifs is 3. The molecular weight excluding hydrogens is 591 g/mol. The van der Waals surface area contributed by atoms with E-state index >= 15 is 0 Å². The molecule has 240 valence electrons. The second-order valence-corrected chi connectivity index (χ2v) is 11.6. The van der Waals surface area contributed by atoms with E-state index in [1.54, 1.807) is 31.2 Å². The van der Waals surface area contributed by atoms with Crippen molar-refractivity contribution in [2.24, 2.45) is 0 Å². The van der Waals surface area contributed by atoms with E-state index in [9.17, 15) is 14.0 Å². The van der Waals surface area contributed by atoms with Gasteiger partial charge in [0, 0.05) is 23.8 Å². The summed E-state index contributed by atoms with van der Waals surface area (Å²) in [5.41, 5.74) is 2.61. The Bertz CT molecular complexity index is 1930. The molecule has 1 aliphatic heterocycles. The van der Waals surface area contributed by atoms with E-state index in [0.29, 0.717) is 45.8 Å². The maximum atomic E-state index is 14.6. The maximum absolute atomic E-state index is 14.6. The number of ether oxygens (including phenoxy) is 5. The molecule has 0 spiro atoms. The van der Waals surface area contributed by atoms with Gasteiger partial charge in [-0.05, 0) is 77.0 Å². The summed E-state index contributed by atoms with van der Waals surface area (Å²) >= 11 is 0. The van der Waals surface area contributed by atoms with Crippen LogP contribution < -0.4 is 24.4 Å². The van der Waals surface area contributed by atoms with Gasteiger partial charge in [0.2, 0.25) is 5.43 Å². The smallest absolute Gasteiger partial charge is 0.330 e. The van der Waals surface area contributed by atoms with E-state index in [0.717, 1.165) is 11.1 Å². The maximum Gasteiger partial charge on any atom is 0.330 e. The zero-order valence-corrected chi connectivity index (χ0v) is 26.8. The average Bonchev–Trinajstić information content (AvgIpc) is 3.00. The fraction of sp³-hybridized carbons (Fsp3) is 0.297. The third kappa shape index (κ3) is 6.93. The van der Waals surface area contributed by atoms with Gasteiger partial charge in [-0.15, -0.1) is 0 Å². The summed E-state index contributed by atoms with van der Waals surface area (Å²) in [4.78, 5) is 26.4. The fourth-order valence-corrected chi connectivity index (χ4v) is 5.20. The van der Waals surface area contributed by atoms with Gasteiger partial charge in [-0.2, -0.15) is 0 Å². The molecule has 1 aromatic heterocycles. The monoisotopic (exact) mass is 628 g/mol. The van der Waals surface area contributed by atoms with Crippen LogP contribution in [0.4, 0.5) is 4.39 Å². The number of allylic oxidation sites excluding steroid dienone is 2. The number of methoxy groups -OCH3 is 1. The van der Waals surface area contributed by atoms with Crippen molar-refractivity contribution >= 4 is 34.0 Å². The van der Waals surface area contributed by atoms with Gasteiger partial charge >= 0.3 is 5.97 Å². The Kier molecular flexibility index (Phi) is 9.51. The highest BCUT2D eigenvalue weighted by molar-refractivity contribution is 5.99. The molecule has 0 aliphatic carbocycles. The summed E-state index contributed by atoms with van der Waals surface area (Å²) in [6.45, 7) is 9.89. The van der Waals surface area contributed by atoms with Crippen LogP contribution in [0, 0.1) is 5.82 Å². The summed E-state index contributed by atoms with van der Waals surface area (Å²) in [5.74, 6) is 0.688. The lowest BCUT2D eigenvalue weighted by Crippen LogP contribution is -2.27. The molecule has 2 heterocycles. The molecule has 0 N–H and O–H groups in total. The summed E-state index contributed by atoms with van der Waals surface area (Å²) in [7, 11) is 1.52. The van der Waals surface area contributed by atoms with Crippen molar-refractivity contribution in [3.8, 4) is 23.0 Å². The Hall–Kier alpha value is -5.05. The van der Waals surface area contributed by atoms with Crippen LogP contribution in [0.1, 0.15) is 51.3 Å². The van der Waals surface area contributed by atoms with Crippen LogP contribution in [0.5, 0.6) is 23.0 Å². The van der Waals surface area contributed by atoms with Crippen molar-refractivity contribution in [3.05, 3.63) is 99.0 Å². The van der Waals surface area contributed by atoms with Crippen LogP contribution in [0.15, 0.2) is 75.5 Å². The van der Waals surface area contributed by atoms with Crippen molar-refractivity contribution in [1.82, 2.24) is 0 Å². The fourth-order valence-electron chi connectivity index (χ4n) is 5.20. The molecule has 0 radical (unpaired) electrons. The summed E-state index contributed by atoms with van der Waals surface area (Å²) in [5, 5.41) is 0.549. The first-order valence-electron chi connectivity index (χ1n) is 15.0. The van der Waals surface area contributed by atoms with Crippen LogP contribution in [0.3, 0.4) is 0 Å². The number of esters is 1. The second-order valence-electron chi connectivity index (χ2n) is 11.6. The summed E-state index contributed by atoms with van der Waals surface area (Å²) in [6.07, 6.45) is 8.92. The minimum atomic E-state index is -0.606. The Morgan fingerprint density at radius 1 is 1.02 bits per heavy atom. The summed E-state index contributed by atoms with van der Waals surface area (Å²) in [6, 6.07) is 9.35. The zero-order valence-electron chi connectivity index (χ0n) is 26.8. The molecule has 0 saturated heterocycles. The summed E-state index contributed by atoms with van der Waals surface area (Å²) < 4.78 is 49.3. The van der Waals surface area contributed by atoms with Crippen LogP contribution in [0.25, 0.3) is 28.0 Å². The number of benzene rings is 3. The van der Waals surface area contributed by atoms with Crippen LogP contribution in [-0.4, -0.2) is 31.9 Å². The Balaban J connectivity index is 1.72. The van der Waals surface area contributed by atoms with Crippen molar-refractivity contribution in [1.29, 1.82) is 0 Å². The lowest BCUT2D eigenvalue weighted by Gasteiger charge is -2.29. The quantitative estimate of drug-likeness (QED) is 0.0717. The predicted octanol–water partition coefficient (Wildman–Crippen LogP) is 7.86. The van der Waals surface area contributed by atoms with E-state index in [-0.39, 0.29) is 47.8 Å². The molecule has 8 nitrogen and oxygen atoms in total. The molecule has 5 rings (SSSR count). The molecule has 3 aromatic carbocycles. The lowest BCUT2D eigenvalue weighted by atomic mass is 9.97. The lowest BCUT2D eigenvalue weighted by molar-refractivity contribution is -0.137. The topological polar surface area (TPSA) is 93.4 Å². The average molecular weight is 629 g/mol. The Labute approximate surface area is 266 Å². The third-order valence-corrected chi connectivity index (χ3v) is 7.34. The number of carbonyl (C=O) groups is 1. The van der Waals surface area contributed by atoms with Gasteiger partial charge in [-0.1, -0.05) is 23.8 Å². The van der Waals surface area contributed by atoms with Gasteiger partial charge in [0.05, 0.1) is 24.7 Å². The van der Waals surface area contributed by atoms with Crippen LogP contribution >= 0.6 is 0 Å². The molecule has 9 heteroatoms. The van der Waals surface area contributed by atoms with Crippen molar-refractivity contribution < 1.29 is 37.3 Å². The second kappa shape index (κ2) is 13.5. The van der Waals surface area contributed by atoms with Gasteiger partial charge in [0.25, 0.3) is 0 Å². The molecule has 0 amide bonds. The SMILES string of the molecule is CCOC(=O)/C=C/COc1c2c(cc3oc4cc(OCc5ccc(F)cc5)c(OC)c(CC=C(C)C)c4c(=O)c13)OC(C)(C)C=C2. The van der Waals surface area contributed by atoms with Crippen molar-refractivity contribution in [2.45, 2.75) is 53.2 Å². The van der Waals surface area contributed by atoms with Gasteiger partial charge in [-0.3, -0.25) is 4.79 Å². The minimum absolute atomic E-state index is 0.0107. The molecular formula is C37H37FO8. The molecule has 0 unspecified atom stereocenters. The van der Waals surface area contributed by atoms with E-state index in [2.05, 4.69) is 0 Å². The number of hydrogen-bond acceptors (Lipinski definition) is 8. The van der Waals surface area contributed by atoms with E-state index in [1.807, 2.05) is 45.9 Å². The molecule has 0 atom stereocenters. The van der Waals surface area contributed by atoms with Crippen molar-refractivity contribution in [3.63, 3.8) is 0 Å². The predicted molar refractivity (Wildman–Crippen MR) is 175 cm³/mol. The zero-order chi connectivity index (χ0) is 33.0. The van der Waals surface area contributed by atoms with Gasteiger partial charge in [0.1, 0.15) is 52.7 Å². The largest absolute Gasteiger partial charge is 0.493 e. The molecule has 0 saturated carbocycles. The number of rotatable bonds is 11. The van der Waals surface area contributed by atoms with E-state index in [4.69, 9.17) is 28.1 Å². The van der Waals surface area contributed by atoms with Gasteiger partial charge < -0.3 is 28.1 Å².